The van der Waals surface area contributed by atoms with Gasteiger partial charge < -0.3 is 10.1 Å². The van der Waals surface area contributed by atoms with E-state index >= 15 is 0 Å². The lowest BCUT2D eigenvalue weighted by Crippen LogP contribution is -2.27. The van der Waals surface area contributed by atoms with E-state index in [4.69, 9.17) is 4.74 Å². The molecule has 0 aliphatic heterocycles. The van der Waals surface area contributed by atoms with E-state index in [-0.39, 0.29) is 17.6 Å². The van der Waals surface area contributed by atoms with Crippen molar-refractivity contribution in [1.82, 2.24) is 5.32 Å². The lowest BCUT2D eigenvalue weighted by molar-refractivity contribution is -0.385. The van der Waals surface area contributed by atoms with Gasteiger partial charge in [-0.15, -0.1) is 0 Å². The molecule has 144 valence electrons. The van der Waals surface area contributed by atoms with E-state index < -0.39 is 4.92 Å². The van der Waals surface area contributed by atoms with Gasteiger partial charge in [-0.1, -0.05) is 13.8 Å². The van der Waals surface area contributed by atoms with Crippen molar-refractivity contribution >= 4 is 11.6 Å². The SMILES string of the molecule is COc1cc(C)c([C@@H](C)NC(=O)c2ccc([N+](=O)[O-])c(C)c2)cc1C(C)C. The minimum atomic E-state index is -0.451. The summed E-state index contributed by atoms with van der Waals surface area (Å²) < 4.78 is 5.47. The summed E-state index contributed by atoms with van der Waals surface area (Å²) >= 11 is 0. The van der Waals surface area contributed by atoms with Gasteiger partial charge in [-0.3, -0.25) is 14.9 Å². The maximum atomic E-state index is 12.6. The number of hydrogen-bond donors (Lipinski definition) is 1. The first-order valence-electron chi connectivity index (χ1n) is 8.90. The third-order valence-electron chi connectivity index (χ3n) is 4.71. The Morgan fingerprint density at radius 1 is 1.07 bits per heavy atom. The predicted octanol–water partition coefficient (Wildman–Crippen LogP) is 4.83. The Kier molecular flexibility index (Phi) is 6.20. The highest BCUT2D eigenvalue weighted by atomic mass is 16.6. The number of nitro benzene ring substituents is 1. The molecule has 27 heavy (non-hydrogen) atoms. The summed E-state index contributed by atoms with van der Waals surface area (Å²) in [6.45, 7) is 9.73. The number of carbonyl (C=O) groups excluding carboxylic acids is 1. The van der Waals surface area contributed by atoms with Crippen molar-refractivity contribution in [2.75, 3.05) is 7.11 Å². The first kappa shape index (κ1) is 20.4. The maximum Gasteiger partial charge on any atom is 0.272 e. The fourth-order valence-electron chi connectivity index (χ4n) is 3.17. The topological polar surface area (TPSA) is 81.5 Å². The first-order valence-corrected chi connectivity index (χ1v) is 8.90. The van der Waals surface area contributed by atoms with Crippen LogP contribution in [0.3, 0.4) is 0 Å². The average molecular weight is 370 g/mol. The number of amides is 1. The summed E-state index contributed by atoms with van der Waals surface area (Å²) in [5.41, 5.74) is 4.01. The zero-order chi connectivity index (χ0) is 20.3. The van der Waals surface area contributed by atoms with E-state index in [1.807, 2.05) is 19.9 Å². The van der Waals surface area contributed by atoms with Gasteiger partial charge >= 0.3 is 0 Å². The molecule has 0 unspecified atom stereocenters. The second kappa shape index (κ2) is 8.20. The summed E-state index contributed by atoms with van der Waals surface area (Å²) in [7, 11) is 1.66. The lowest BCUT2D eigenvalue weighted by Gasteiger charge is -2.21. The van der Waals surface area contributed by atoms with Crippen LogP contribution < -0.4 is 10.1 Å². The van der Waals surface area contributed by atoms with E-state index in [9.17, 15) is 14.9 Å². The van der Waals surface area contributed by atoms with Gasteiger partial charge in [0.05, 0.1) is 18.1 Å². The molecule has 1 amide bonds. The molecule has 0 heterocycles. The Balaban J connectivity index is 2.28. The Morgan fingerprint density at radius 3 is 2.26 bits per heavy atom. The molecule has 1 N–H and O–H groups in total. The number of benzene rings is 2. The number of hydrogen-bond acceptors (Lipinski definition) is 4. The monoisotopic (exact) mass is 370 g/mol. The normalized spacial score (nSPS) is 12.0. The van der Waals surface area contributed by atoms with Gasteiger partial charge in [-0.05, 0) is 67.6 Å². The molecule has 0 aromatic heterocycles. The Labute approximate surface area is 159 Å². The van der Waals surface area contributed by atoms with E-state index in [2.05, 4.69) is 25.2 Å². The number of carbonyl (C=O) groups is 1. The number of nitro groups is 1. The highest BCUT2D eigenvalue weighted by molar-refractivity contribution is 5.95. The Bertz CT molecular complexity index is 875. The fourth-order valence-corrected chi connectivity index (χ4v) is 3.17. The number of ether oxygens (including phenoxy) is 1. The van der Waals surface area contributed by atoms with Crippen molar-refractivity contribution in [1.29, 1.82) is 0 Å². The summed E-state index contributed by atoms with van der Waals surface area (Å²) in [6, 6.07) is 8.24. The zero-order valence-corrected chi connectivity index (χ0v) is 16.6. The van der Waals surface area contributed by atoms with Gasteiger partial charge in [0.15, 0.2) is 0 Å². The molecule has 0 aliphatic rings. The van der Waals surface area contributed by atoms with Crippen LogP contribution in [0.4, 0.5) is 5.69 Å². The molecule has 0 fully saturated rings. The van der Waals surface area contributed by atoms with Crippen LogP contribution in [-0.2, 0) is 0 Å². The van der Waals surface area contributed by atoms with Crippen molar-refractivity contribution in [2.45, 2.75) is 46.6 Å². The van der Waals surface area contributed by atoms with Crippen LogP contribution in [-0.4, -0.2) is 17.9 Å². The largest absolute Gasteiger partial charge is 0.496 e. The third kappa shape index (κ3) is 4.45. The molecule has 0 bridgehead atoms. The first-order chi connectivity index (χ1) is 12.6. The molecule has 0 saturated carbocycles. The molecule has 1 atom stereocenters. The van der Waals surface area contributed by atoms with Crippen molar-refractivity contribution in [3.8, 4) is 5.75 Å². The molecule has 0 saturated heterocycles. The highest BCUT2D eigenvalue weighted by Crippen LogP contribution is 2.32. The summed E-state index contributed by atoms with van der Waals surface area (Å²) in [5.74, 6) is 0.872. The maximum absolute atomic E-state index is 12.6. The number of rotatable bonds is 6. The van der Waals surface area contributed by atoms with Gasteiger partial charge in [-0.25, -0.2) is 0 Å². The van der Waals surface area contributed by atoms with Gasteiger partial charge in [0.1, 0.15) is 5.75 Å². The third-order valence-corrected chi connectivity index (χ3v) is 4.71. The average Bonchev–Trinajstić information content (AvgIpc) is 2.60. The van der Waals surface area contributed by atoms with Gasteiger partial charge in [0, 0.05) is 17.2 Å². The number of aryl methyl sites for hydroxylation is 2. The van der Waals surface area contributed by atoms with Crippen LogP contribution in [0.5, 0.6) is 5.75 Å². The van der Waals surface area contributed by atoms with Crippen LogP contribution in [0.15, 0.2) is 30.3 Å². The minimum absolute atomic E-state index is 0.00664. The Hall–Kier alpha value is -2.89. The molecule has 6 nitrogen and oxygen atoms in total. The fraction of sp³-hybridized carbons (Fsp3) is 0.381. The van der Waals surface area contributed by atoms with Crippen molar-refractivity contribution in [3.05, 3.63) is 68.3 Å². The van der Waals surface area contributed by atoms with E-state index in [0.717, 1.165) is 22.4 Å². The molecular formula is C21H26N2O4. The molecule has 0 radical (unpaired) electrons. The van der Waals surface area contributed by atoms with Crippen LogP contribution in [0, 0.1) is 24.0 Å². The second-order valence-corrected chi connectivity index (χ2v) is 7.06. The molecule has 0 spiro atoms. The summed E-state index contributed by atoms with van der Waals surface area (Å²) in [5, 5.41) is 13.9. The van der Waals surface area contributed by atoms with E-state index in [0.29, 0.717) is 17.0 Å². The highest BCUT2D eigenvalue weighted by Gasteiger charge is 2.19. The second-order valence-electron chi connectivity index (χ2n) is 7.06. The number of nitrogens with zero attached hydrogens (tertiary/aromatic N) is 1. The van der Waals surface area contributed by atoms with Crippen molar-refractivity contribution < 1.29 is 14.5 Å². The molecule has 2 aromatic carbocycles. The van der Waals surface area contributed by atoms with Gasteiger partial charge in [-0.2, -0.15) is 0 Å². The van der Waals surface area contributed by atoms with Crippen LogP contribution >= 0.6 is 0 Å². The van der Waals surface area contributed by atoms with Crippen LogP contribution in [0.1, 0.15) is 65.3 Å². The molecule has 6 heteroatoms. The summed E-state index contributed by atoms with van der Waals surface area (Å²) in [4.78, 5) is 23.1. The quantitative estimate of drug-likeness (QED) is 0.583. The zero-order valence-electron chi connectivity index (χ0n) is 16.6. The standard InChI is InChI=1S/C21H26N2O4/c1-12(2)17-11-18(13(3)10-20(17)27-6)15(5)22-21(24)16-7-8-19(23(25)26)14(4)9-16/h7-12,15H,1-6H3,(H,22,24)/t15-/m1/s1. The molecule has 2 aromatic rings. The lowest BCUT2D eigenvalue weighted by atomic mass is 9.93. The van der Waals surface area contributed by atoms with E-state index in [1.54, 1.807) is 20.1 Å². The minimum Gasteiger partial charge on any atom is -0.496 e. The smallest absolute Gasteiger partial charge is 0.272 e. The molecular weight excluding hydrogens is 344 g/mol. The predicted molar refractivity (Wildman–Crippen MR) is 106 cm³/mol. The van der Waals surface area contributed by atoms with Gasteiger partial charge in [0.25, 0.3) is 11.6 Å². The molecule has 0 aliphatic carbocycles. The van der Waals surface area contributed by atoms with Crippen LogP contribution in [0.2, 0.25) is 0 Å². The van der Waals surface area contributed by atoms with Crippen molar-refractivity contribution in [2.24, 2.45) is 0 Å². The number of nitrogens with one attached hydrogen (secondary N) is 1. The molecule has 2 rings (SSSR count). The Morgan fingerprint density at radius 2 is 1.74 bits per heavy atom. The van der Waals surface area contributed by atoms with Gasteiger partial charge in [0.2, 0.25) is 0 Å². The van der Waals surface area contributed by atoms with E-state index in [1.165, 1.54) is 12.1 Å². The van der Waals surface area contributed by atoms with Crippen LogP contribution in [0.25, 0.3) is 0 Å². The summed E-state index contributed by atoms with van der Waals surface area (Å²) in [6.07, 6.45) is 0. The number of methoxy groups -OCH3 is 1. The van der Waals surface area contributed by atoms with Crippen molar-refractivity contribution in [3.63, 3.8) is 0 Å².